The van der Waals surface area contributed by atoms with Crippen LogP contribution in [0.25, 0.3) is 0 Å². The fourth-order valence-corrected chi connectivity index (χ4v) is 4.89. The number of sulfonamides is 1. The van der Waals surface area contributed by atoms with Crippen molar-refractivity contribution in [3.63, 3.8) is 0 Å². The van der Waals surface area contributed by atoms with Crippen LogP contribution in [-0.2, 0) is 21.2 Å². The molecule has 1 amide bonds. The number of methoxy groups -OCH3 is 1. The van der Waals surface area contributed by atoms with E-state index in [4.69, 9.17) is 16.3 Å². The Kier molecular flexibility index (Phi) is 8.30. The molecule has 0 saturated carbocycles. The van der Waals surface area contributed by atoms with E-state index in [1.165, 1.54) is 43.5 Å². The molecule has 0 atom stereocenters. The quantitative estimate of drug-likeness (QED) is 0.426. The average Bonchev–Trinajstić information content (AvgIpc) is 2.82. The summed E-state index contributed by atoms with van der Waals surface area (Å²) in [6.45, 7) is -0.0742. The number of carbonyl (C=O) groups excluding carboxylic acids is 1. The van der Waals surface area contributed by atoms with E-state index < -0.39 is 22.5 Å². The maximum Gasteiger partial charge on any atom is 0.264 e. The van der Waals surface area contributed by atoms with Crippen LogP contribution in [0.2, 0.25) is 5.02 Å². The van der Waals surface area contributed by atoms with E-state index in [1.54, 1.807) is 36.4 Å². The molecule has 6 nitrogen and oxygen atoms in total. The number of carbonyl (C=O) groups is 1. The Labute approximate surface area is 198 Å². The van der Waals surface area contributed by atoms with E-state index in [2.05, 4.69) is 5.32 Å². The molecular formula is C24H24ClFN2O4S. The minimum absolute atomic E-state index is 0.0565. The van der Waals surface area contributed by atoms with Crippen LogP contribution in [0.5, 0.6) is 5.75 Å². The number of hydrogen-bond donors (Lipinski definition) is 1. The van der Waals surface area contributed by atoms with Gasteiger partial charge in [-0.3, -0.25) is 9.10 Å². The van der Waals surface area contributed by atoms with Crippen LogP contribution >= 0.6 is 11.6 Å². The van der Waals surface area contributed by atoms with Gasteiger partial charge in [-0.1, -0.05) is 41.9 Å². The number of anilines is 1. The minimum Gasteiger partial charge on any atom is -0.495 e. The van der Waals surface area contributed by atoms with Gasteiger partial charge >= 0.3 is 0 Å². The highest BCUT2D eigenvalue weighted by molar-refractivity contribution is 7.92. The summed E-state index contributed by atoms with van der Waals surface area (Å²) in [5, 5.41) is 2.97. The summed E-state index contributed by atoms with van der Waals surface area (Å²) in [6, 6.07) is 18.6. The van der Waals surface area contributed by atoms with Gasteiger partial charge in [0.15, 0.2) is 0 Å². The van der Waals surface area contributed by atoms with Crippen molar-refractivity contribution >= 4 is 33.2 Å². The Morgan fingerprint density at radius 3 is 2.39 bits per heavy atom. The number of amides is 1. The number of benzene rings is 3. The van der Waals surface area contributed by atoms with Gasteiger partial charge in [-0.2, -0.15) is 0 Å². The van der Waals surface area contributed by atoms with Crippen molar-refractivity contribution in [1.82, 2.24) is 5.32 Å². The standard InChI is InChI=1S/C24H24ClFN2O4S/c1-32-23-14-13-20(16-22(23)25)28(33(30,31)21-7-3-2-4-8-21)17-24(29)27-15-5-6-18-9-11-19(26)12-10-18/h2-4,7-14,16H,5-6,15,17H2,1H3,(H,27,29). The molecule has 3 aromatic carbocycles. The Balaban J connectivity index is 1.73. The summed E-state index contributed by atoms with van der Waals surface area (Å²) in [4.78, 5) is 12.7. The number of hydrogen-bond acceptors (Lipinski definition) is 4. The molecule has 0 bridgehead atoms. The van der Waals surface area contributed by atoms with Crippen LogP contribution in [-0.4, -0.2) is 34.5 Å². The average molecular weight is 491 g/mol. The van der Waals surface area contributed by atoms with Crippen molar-refractivity contribution in [3.05, 3.63) is 89.2 Å². The van der Waals surface area contributed by atoms with Gasteiger partial charge in [-0.05, 0) is 60.9 Å². The van der Waals surface area contributed by atoms with Crippen LogP contribution in [0.15, 0.2) is 77.7 Å². The summed E-state index contributed by atoms with van der Waals surface area (Å²) in [5.74, 6) is -0.367. The number of nitrogens with zero attached hydrogens (tertiary/aromatic N) is 1. The first-order valence-electron chi connectivity index (χ1n) is 10.2. The molecule has 0 aliphatic heterocycles. The van der Waals surface area contributed by atoms with Gasteiger partial charge < -0.3 is 10.1 Å². The lowest BCUT2D eigenvalue weighted by Crippen LogP contribution is -2.41. The van der Waals surface area contributed by atoms with E-state index in [0.717, 1.165) is 9.87 Å². The SMILES string of the molecule is COc1ccc(N(CC(=O)NCCCc2ccc(F)cc2)S(=O)(=O)c2ccccc2)cc1Cl. The first-order valence-corrected chi connectivity index (χ1v) is 12.1. The predicted molar refractivity (Wildman–Crippen MR) is 127 cm³/mol. The molecule has 0 aliphatic carbocycles. The normalized spacial score (nSPS) is 11.1. The minimum atomic E-state index is -4.03. The second kappa shape index (κ2) is 11.2. The first-order chi connectivity index (χ1) is 15.8. The van der Waals surface area contributed by atoms with Gasteiger partial charge in [0.25, 0.3) is 10.0 Å². The van der Waals surface area contributed by atoms with Crippen molar-refractivity contribution in [2.24, 2.45) is 0 Å². The van der Waals surface area contributed by atoms with Crippen LogP contribution in [0.4, 0.5) is 10.1 Å². The molecule has 3 aromatic rings. The molecule has 1 N–H and O–H groups in total. The molecule has 0 radical (unpaired) electrons. The maximum atomic E-state index is 13.3. The van der Waals surface area contributed by atoms with Crippen LogP contribution < -0.4 is 14.4 Å². The lowest BCUT2D eigenvalue weighted by Gasteiger charge is -2.24. The summed E-state index contributed by atoms with van der Waals surface area (Å²) < 4.78 is 45.8. The number of nitrogens with one attached hydrogen (secondary N) is 1. The smallest absolute Gasteiger partial charge is 0.264 e. The van der Waals surface area contributed by atoms with E-state index in [1.807, 2.05) is 0 Å². The number of ether oxygens (including phenoxy) is 1. The highest BCUT2D eigenvalue weighted by Crippen LogP contribution is 2.31. The fraction of sp³-hybridized carbons (Fsp3) is 0.208. The van der Waals surface area contributed by atoms with Crippen molar-refractivity contribution in [2.75, 3.05) is 24.5 Å². The molecule has 0 heterocycles. The number of rotatable bonds is 10. The van der Waals surface area contributed by atoms with Crippen LogP contribution in [0, 0.1) is 5.82 Å². The topological polar surface area (TPSA) is 75.7 Å². The van der Waals surface area contributed by atoms with Gasteiger partial charge in [-0.25, -0.2) is 12.8 Å². The molecular weight excluding hydrogens is 467 g/mol. The van der Waals surface area contributed by atoms with Crippen molar-refractivity contribution in [2.45, 2.75) is 17.7 Å². The molecule has 9 heteroatoms. The highest BCUT2D eigenvalue weighted by atomic mass is 35.5. The molecule has 33 heavy (non-hydrogen) atoms. The molecule has 0 spiro atoms. The van der Waals surface area contributed by atoms with Gasteiger partial charge in [-0.15, -0.1) is 0 Å². The van der Waals surface area contributed by atoms with E-state index in [0.29, 0.717) is 25.1 Å². The summed E-state index contributed by atoms with van der Waals surface area (Å²) >= 11 is 6.21. The van der Waals surface area contributed by atoms with Crippen molar-refractivity contribution in [1.29, 1.82) is 0 Å². The molecule has 3 rings (SSSR count). The lowest BCUT2D eigenvalue weighted by atomic mass is 10.1. The van der Waals surface area contributed by atoms with Gasteiger partial charge in [0, 0.05) is 6.54 Å². The third kappa shape index (κ3) is 6.46. The number of halogens is 2. The Morgan fingerprint density at radius 1 is 1.06 bits per heavy atom. The molecule has 0 aliphatic rings. The van der Waals surface area contributed by atoms with Crippen LogP contribution in [0.1, 0.15) is 12.0 Å². The predicted octanol–water partition coefficient (Wildman–Crippen LogP) is 4.43. The Morgan fingerprint density at radius 2 is 1.76 bits per heavy atom. The Bertz CT molecular complexity index is 1190. The molecule has 0 unspecified atom stereocenters. The summed E-state index contributed by atoms with van der Waals surface area (Å²) in [7, 11) is -2.57. The molecule has 174 valence electrons. The van der Waals surface area contributed by atoms with Crippen molar-refractivity contribution < 1.29 is 22.3 Å². The monoisotopic (exact) mass is 490 g/mol. The third-order valence-electron chi connectivity index (χ3n) is 4.92. The second-order valence-corrected chi connectivity index (χ2v) is 9.49. The zero-order valence-electron chi connectivity index (χ0n) is 18.0. The second-order valence-electron chi connectivity index (χ2n) is 7.22. The summed E-state index contributed by atoms with van der Waals surface area (Å²) in [5.41, 5.74) is 1.19. The molecule has 0 saturated heterocycles. The third-order valence-corrected chi connectivity index (χ3v) is 7.00. The van der Waals surface area contributed by atoms with Gasteiger partial charge in [0.2, 0.25) is 5.91 Å². The largest absolute Gasteiger partial charge is 0.495 e. The summed E-state index contributed by atoms with van der Waals surface area (Å²) in [6.07, 6.45) is 1.28. The molecule has 0 fully saturated rings. The molecule has 0 aromatic heterocycles. The van der Waals surface area contributed by atoms with Gasteiger partial charge in [0.1, 0.15) is 18.1 Å². The Hall–Kier alpha value is -3.10. The first kappa shape index (κ1) is 24.5. The van der Waals surface area contributed by atoms with Gasteiger partial charge in [0.05, 0.1) is 22.7 Å². The van der Waals surface area contributed by atoms with E-state index in [9.17, 15) is 17.6 Å². The maximum absolute atomic E-state index is 13.3. The fourth-order valence-electron chi connectivity index (χ4n) is 3.20. The highest BCUT2D eigenvalue weighted by Gasteiger charge is 2.27. The van der Waals surface area contributed by atoms with Crippen molar-refractivity contribution in [3.8, 4) is 5.75 Å². The van der Waals surface area contributed by atoms with E-state index in [-0.39, 0.29) is 21.4 Å². The zero-order chi connectivity index (χ0) is 23.8. The number of aryl methyl sites for hydroxylation is 1. The van der Waals surface area contributed by atoms with Crippen LogP contribution in [0.3, 0.4) is 0 Å². The lowest BCUT2D eigenvalue weighted by molar-refractivity contribution is -0.119. The zero-order valence-corrected chi connectivity index (χ0v) is 19.6. The van der Waals surface area contributed by atoms with E-state index >= 15 is 0 Å².